The summed E-state index contributed by atoms with van der Waals surface area (Å²) in [5.41, 5.74) is 3.48. The number of pyridine rings is 1. The Balaban J connectivity index is 1.64. The Labute approximate surface area is 210 Å². The lowest BCUT2D eigenvalue weighted by molar-refractivity contribution is -0.124. The number of ether oxygens (including phenoxy) is 2. The number of hydrogen-bond donors (Lipinski definition) is 1. The van der Waals surface area contributed by atoms with Crippen LogP contribution in [0.25, 0.3) is 10.9 Å². The molecule has 0 saturated heterocycles. The lowest BCUT2D eigenvalue weighted by Crippen LogP contribution is -2.35. The minimum absolute atomic E-state index is 0.313. The summed E-state index contributed by atoms with van der Waals surface area (Å²) in [6.45, 7) is 6.43. The van der Waals surface area contributed by atoms with Crippen molar-refractivity contribution in [1.29, 1.82) is 0 Å². The first kappa shape index (κ1) is 24.9. The molecule has 0 fully saturated rings. The van der Waals surface area contributed by atoms with Crippen LogP contribution in [-0.2, 0) is 22.5 Å². The smallest absolute Gasteiger partial charge is 0.340 e. The number of hydrogen-bond acceptors (Lipinski definition) is 6. The number of nitrogens with one attached hydrogen (secondary N) is 1. The first-order valence-corrected chi connectivity index (χ1v) is 12.3. The number of carbonyl (C=O) groups is 2. The van der Waals surface area contributed by atoms with Gasteiger partial charge in [-0.2, -0.15) is 0 Å². The number of methoxy groups -OCH3 is 1. The molecule has 1 atom stereocenters. The Kier molecular flexibility index (Phi) is 7.88. The lowest BCUT2D eigenvalue weighted by Gasteiger charge is -2.30. The van der Waals surface area contributed by atoms with E-state index < -0.39 is 18.0 Å². The number of aromatic nitrogens is 1. The van der Waals surface area contributed by atoms with E-state index in [1.165, 1.54) is 7.11 Å². The van der Waals surface area contributed by atoms with E-state index in [0.717, 1.165) is 48.1 Å². The van der Waals surface area contributed by atoms with E-state index in [1.807, 2.05) is 24.3 Å². The van der Waals surface area contributed by atoms with Gasteiger partial charge in [-0.15, -0.1) is 0 Å². The molecule has 0 radical (unpaired) electrons. The maximum atomic E-state index is 13.6. The fraction of sp³-hybridized carbons (Fsp3) is 0.370. The van der Waals surface area contributed by atoms with E-state index in [1.54, 1.807) is 25.1 Å². The number of halogens is 1. The average molecular weight is 496 g/mol. The Morgan fingerprint density at radius 3 is 2.74 bits per heavy atom. The van der Waals surface area contributed by atoms with E-state index in [-0.39, 0.29) is 0 Å². The summed E-state index contributed by atoms with van der Waals surface area (Å²) in [4.78, 5) is 33.8. The van der Waals surface area contributed by atoms with E-state index in [9.17, 15) is 9.59 Å². The van der Waals surface area contributed by atoms with Gasteiger partial charge in [0.1, 0.15) is 5.75 Å². The molecule has 1 unspecified atom stereocenters. The second kappa shape index (κ2) is 11.1. The predicted octanol–water partition coefficient (Wildman–Crippen LogP) is 5.24. The minimum Gasteiger partial charge on any atom is -0.495 e. The topological polar surface area (TPSA) is 80.8 Å². The van der Waals surface area contributed by atoms with Crippen molar-refractivity contribution in [3.8, 4) is 5.75 Å². The highest BCUT2D eigenvalue weighted by Gasteiger charge is 2.29. The zero-order chi connectivity index (χ0) is 24.9. The highest BCUT2D eigenvalue weighted by molar-refractivity contribution is 6.31. The van der Waals surface area contributed by atoms with Gasteiger partial charge in [-0.1, -0.05) is 43.6 Å². The average Bonchev–Trinajstić information content (AvgIpc) is 2.86. The van der Waals surface area contributed by atoms with Crippen LogP contribution in [0.5, 0.6) is 5.75 Å². The second-order valence-electron chi connectivity index (χ2n) is 8.59. The van der Waals surface area contributed by atoms with Gasteiger partial charge in [0.25, 0.3) is 5.91 Å². The third-order valence-corrected chi connectivity index (χ3v) is 6.44. The number of benzene rings is 2. The van der Waals surface area contributed by atoms with Crippen molar-refractivity contribution in [2.45, 2.75) is 45.8 Å². The molecule has 1 amide bonds. The fourth-order valence-corrected chi connectivity index (χ4v) is 4.66. The van der Waals surface area contributed by atoms with E-state index in [0.29, 0.717) is 35.0 Å². The number of esters is 1. The molecule has 8 heteroatoms. The summed E-state index contributed by atoms with van der Waals surface area (Å²) in [6.07, 6.45) is 1.13. The Hall–Kier alpha value is -3.16. The number of fused-ring (bicyclic) bond motifs is 2. The van der Waals surface area contributed by atoms with Crippen LogP contribution in [0.2, 0.25) is 5.02 Å². The zero-order valence-corrected chi connectivity index (χ0v) is 21.0. The molecule has 4 rings (SSSR count). The molecule has 0 spiro atoms. The van der Waals surface area contributed by atoms with Crippen LogP contribution in [-0.4, -0.2) is 48.1 Å². The van der Waals surface area contributed by atoms with Crippen molar-refractivity contribution < 1.29 is 19.1 Å². The molecule has 2 heterocycles. The molecule has 1 N–H and O–H groups in total. The number of anilines is 1. The molecule has 7 nitrogen and oxygen atoms in total. The van der Waals surface area contributed by atoms with Crippen molar-refractivity contribution in [1.82, 2.24) is 9.88 Å². The third kappa shape index (κ3) is 5.41. The third-order valence-electron chi connectivity index (χ3n) is 6.20. The molecule has 3 aromatic rings. The van der Waals surface area contributed by atoms with Gasteiger partial charge in [0.2, 0.25) is 0 Å². The number of carbonyl (C=O) groups excluding carboxylic acids is 2. The predicted molar refractivity (Wildman–Crippen MR) is 137 cm³/mol. The summed E-state index contributed by atoms with van der Waals surface area (Å²) in [6, 6.07) is 12.5. The van der Waals surface area contributed by atoms with Crippen LogP contribution in [0, 0.1) is 0 Å². The van der Waals surface area contributed by atoms with Crippen LogP contribution >= 0.6 is 11.6 Å². The van der Waals surface area contributed by atoms with Crippen molar-refractivity contribution in [3.05, 3.63) is 64.3 Å². The Morgan fingerprint density at radius 2 is 2.00 bits per heavy atom. The summed E-state index contributed by atoms with van der Waals surface area (Å²) in [7, 11) is 1.51. The molecular weight excluding hydrogens is 466 g/mol. The van der Waals surface area contributed by atoms with Gasteiger partial charge in [0.15, 0.2) is 6.10 Å². The molecule has 0 bridgehead atoms. The quantitative estimate of drug-likeness (QED) is 0.430. The molecule has 184 valence electrons. The first-order valence-electron chi connectivity index (χ1n) is 11.9. The van der Waals surface area contributed by atoms with Crippen LogP contribution < -0.4 is 10.1 Å². The highest BCUT2D eigenvalue weighted by Crippen LogP contribution is 2.30. The number of rotatable bonds is 8. The Morgan fingerprint density at radius 1 is 1.20 bits per heavy atom. The molecule has 2 aromatic carbocycles. The molecular formula is C27H30ClN3O4. The van der Waals surface area contributed by atoms with Gasteiger partial charge in [0.05, 0.1) is 23.9 Å². The molecule has 1 aliphatic heterocycles. The monoisotopic (exact) mass is 495 g/mol. The molecule has 1 aliphatic rings. The van der Waals surface area contributed by atoms with Gasteiger partial charge in [-0.05, 0) is 43.7 Å². The first-order chi connectivity index (χ1) is 16.9. The van der Waals surface area contributed by atoms with Gasteiger partial charge < -0.3 is 14.8 Å². The lowest BCUT2D eigenvalue weighted by atomic mass is 9.95. The van der Waals surface area contributed by atoms with Gasteiger partial charge in [0, 0.05) is 41.2 Å². The summed E-state index contributed by atoms with van der Waals surface area (Å²) < 4.78 is 11.1. The number of nitrogens with zero attached hydrogens (tertiary/aromatic N) is 2. The molecule has 0 saturated carbocycles. The summed E-state index contributed by atoms with van der Waals surface area (Å²) in [5, 5.41) is 3.98. The van der Waals surface area contributed by atoms with Crippen molar-refractivity contribution >= 4 is 40.1 Å². The maximum Gasteiger partial charge on any atom is 0.340 e. The second-order valence-corrected chi connectivity index (χ2v) is 9.03. The maximum absolute atomic E-state index is 13.6. The van der Waals surface area contributed by atoms with Crippen molar-refractivity contribution in [3.63, 3.8) is 0 Å². The Bertz CT molecular complexity index is 1250. The highest BCUT2D eigenvalue weighted by atomic mass is 35.5. The molecule has 0 aliphatic carbocycles. The van der Waals surface area contributed by atoms with E-state index in [4.69, 9.17) is 26.1 Å². The fourth-order valence-electron chi connectivity index (χ4n) is 4.49. The summed E-state index contributed by atoms with van der Waals surface area (Å²) >= 11 is 6.09. The summed E-state index contributed by atoms with van der Waals surface area (Å²) in [5.74, 6) is -0.492. The van der Waals surface area contributed by atoms with Crippen molar-refractivity contribution in [2.75, 3.05) is 25.5 Å². The van der Waals surface area contributed by atoms with Gasteiger partial charge in [-0.25, -0.2) is 4.79 Å². The van der Waals surface area contributed by atoms with Crippen LogP contribution in [0.15, 0.2) is 42.5 Å². The van der Waals surface area contributed by atoms with Gasteiger partial charge >= 0.3 is 5.97 Å². The minimum atomic E-state index is -0.982. The molecule has 1 aromatic heterocycles. The van der Waals surface area contributed by atoms with Gasteiger partial charge in [-0.3, -0.25) is 14.7 Å². The van der Waals surface area contributed by atoms with Crippen molar-refractivity contribution in [2.24, 2.45) is 0 Å². The number of amides is 1. The van der Waals surface area contributed by atoms with Crippen LogP contribution in [0.4, 0.5) is 5.69 Å². The van der Waals surface area contributed by atoms with E-state index in [2.05, 4.69) is 17.1 Å². The largest absolute Gasteiger partial charge is 0.495 e. The molecule has 35 heavy (non-hydrogen) atoms. The van der Waals surface area contributed by atoms with E-state index >= 15 is 0 Å². The normalized spacial score (nSPS) is 14.3. The SMILES string of the molecule is CCCN1CCc2nc3ccccc3c(C(=O)OC(CC)C(=O)Nc3cc(Cl)ccc3OC)c2C1. The standard InChI is InChI=1S/C27H30ClN3O4/c1-4-13-31-14-12-21-19(16-31)25(18-8-6-7-9-20(18)29-21)27(33)35-23(5-2)26(32)30-22-15-17(28)10-11-24(22)34-3/h6-11,15,23H,4-5,12-14,16H2,1-3H3,(H,30,32). The number of para-hydroxylation sites is 1. The zero-order valence-electron chi connectivity index (χ0n) is 20.3. The van der Waals surface area contributed by atoms with Crippen LogP contribution in [0.1, 0.15) is 48.3 Å². The van der Waals surface area contributed by atoms with Crippen LogP contribution in [0.3, 0.4) is 0 Å².